The number of hydrogen-bond donors (Lipinski definition) is 4. The third-order valence-electron chi connectivity index (χ3n) is 3.89. The van der Waals surface area contributed by atoms with E-state index in [2.05, 4.69) is 9.71 Å². The van der Waals surface area contributed by atoms with E-state index in [0.717, 1.165) is 0 Å². The average molecular weight is 394 g/mol. The van der Waals surface area contributed by atoms with Crippen molar-refractivity contribution in [2.75, 3.05) is 13.7 Å². The summed E-state index contributed by atoms with van der Waals surface area (Å²) in [5, 5.41) is 10.4. The van der Waals surface area contributed by atoms with E-state index in [0.29, 0.717) is 22.9 Å². The minimum absolute atomic E-state index is 0.0191. The molecule has 0 unspecified atom stereocenters. The number of nitrogens with one attached hydrogen (secondary N) is 1. The van der Waals surface area contributed by atoms with E-state index in [1.165, 1.54) is 13.2 Å². The van der Waals surface area contributed by atoms with E-state index in [1.54, 1.807) is 30.3 Å². The Bertz CT molecular complexity index is 955. The highest BCUT2D eigenvalue weighted by atomic mass is 32.2. The van der Waals surface area contributed by atoms with Gasteiger partial charge in [0.2, 0.25) is 10.0 Å². The lowest BCUT2D eigenvalue weighted by atomic mass is 10.1. The van der Waals surface area contributed by atoms with E-state index in [1.807, 2.05) is 0 Å². The number of rotatable bonds is 9. The van der Waals surface area contributed by atoms with Gasteiger partial charge in [-0.05, 0) is 25.0 Å². The smallest absolute Gasteiger partial charge is 0.321 e. The van der Waals surface area contributed by atoms with E-state index in [4.69, 9.17) is 16.2 Å². The Balaban J connectivity index is 2.30. The Labute approximate surface area is 157 Å². The molecule has 0 bridgehead atoms. The summed E-state index contributed by atoms with van der Waals surface area (Å²) in [6.07, 6.45) is 0.347. The van der Waals surface area contributed by atoms with Crippen LogP contribution in [-0.4, -0.2) is 45.1 Å². The zero-order valence-corrected chi connectivity index (χ0v) is 15.6. The highest BCUT2D eigenvalue weighted by molar-refractivity contribution is 7.89. The molecule has 9 nitrogen and oxygen atoms in total. The van der Waals surface area contributed by atoms with Crippen molar-refractivity contribution in [1.82, 2.24) is 4.72 Å². The van der Waals surface area contributed by atoms with Crippen molar-refractivity contribution < 1.29 is 23.1 Å². The van der Waals surface area contributed by atoms with Crippen molar-refractivity contribution in [3.63, 3.8) is 0 Å². The van der Waals surface area contributed by atoms with Crippen molar-refractivity contribution in [3.8, 4) is 5.75 Å². The van der Waals surface area contributed by atoms with Crippen LogP contribution in [0.2, 0.25) is 0 Å². The number of nitrogens with zero attached hydrogens (tertiary/aromatic N) is 1. The Morgan fingerprint density at radius 3 is 2.52 bits per heavy atom. The molecule has 0 heterocycles. The van der Waals surface area contributed by atoms with Crippen molar-refractivity contribution in [1.29, 1.82) is 0 Å². The number of guanidine groups is 1. The molecule has 0 saturated carbocycles. The molecule has 1 atom stereocenters. The lowest BCUT2D eigenvalue weighted by molar-refractivity contribution is -0.139. The maximum Gasteiger partial charge on any atom is 0.321 e. The molecule has 0 fully saturated rings. The summed E-state index contributed by atoms with van der Waals surface area (Å²) in [7, 11) is -2.59. The predicted octanol–water partition coefficient (Wildman–Crippen LogP) is 0.634. The van der Waals surface area contributed by atoms with Crippen LogP contribution in [0.3, 0.4) is 0 Å². The number of aliphatic imine (C=N–C) groups is 1. The second-order valence-electron chi connectivity index (χ2n) is 5.77. The summed E-state index contributed by atoms with van der Waals surface area (Å²) in [6.45, 7) is 0.208. The van der Waals surface area contributed by atoms with Crippen molar-refractivity contribution in [2.24, 2.45) is 16.5 Å². The van der Waals surface area contributed by atoms with Crippen LogP contribution in [0, 0.1) is 0 Å². The van der Waals surface area contributed by atoms with Gasteiger partial charge in [0, 0.05) is 17.3 Å². The van der Waals surface area contributed by atoms with Gasteiger partial charge in [0.05, 0.1) is 12.0 Å². The van der Waals surface area contributed by atoms with Crippen LogP contribution in [0.5, 0.6) is 5.75 Å². The number of aliphatic carboxylic acids is 1. The Morgan fingerprint density at radius 1 is 1.22 bits per heavy atom. The molecule has 0 aliphatic rings. The highest BCUT2D eigenvalue weighted by Gasteiger charge is 2.26. The van der Waals surface area contributed by atoms with Crippen LogP contribution in [0.1, 0.15) is 12.8 Å². The largest absolute Gasteiger partial charge is 0.496 e. The second kappa shape index (κ2) is 8.69. The van der Waals surface area contributed by atoms with Gasteiger partial charge >= 0.3 is 5.97 Å². The van der Waals surface area contributed by atoms with Gasteiger partial charge in [0.25, 0.3) is 0 Å². The van der Waals surface area contributed by atoms with Crippen LogP contribution in [0.25, 0.3) is 10.8 Å². The van der Waals surface area contributed by atoms with Crippen LogP contribution in [0.15, 0.2) is 46.3 Å². The summed E-state index contributed by atoms with van der Waals surface area (Å²) in [5.41, 5.74) is 10.4. The number of carboxylic acid groups (broad SMARTS) is 1. The number of sulfonamides is 1. The lowest BCUT2D eigenvalue weighted by Gasteiger charge is -2.16. The summed E-state index contributed by atoms with van der Waals surface area (Å²) in [5.74, 6) is -0.857. The van der Waals surface area contributed by atoms with Crippen LogP contribution < -0.4 is 20.9 Å². The number of hydrogen-bond acceptors (Lipinski definition) is 5. The molecule has 0 aromatic heterocycles. The first-order valence-corrected chi connectivity index (χ1v) is 9.61. The first kappa shape index (κ1) is 20.5. The number of ether oxygens (including phenoxy) is 1. The molecule has 0 radical (unpaired) electrons. The normalized spacial score (nSPS) is 12.5. The fourth-order valence-electron chi connectivity index (χ4n) is 2.65. The molecular weight excluding hydrogens is 372 g/mol. The maximum absolute atomic E-state index is 12.8. The third kappa shape index (κ3) is 5.08. The topological polar surface area (TPSA) is 157 Å². The Morgan fingerprint density at radius 2 is 1.89 bits per heavy atom. The van der Waals surface area contributed by atoms with Gasteiger partial charge in [-0.15, -0.1) is 0 Å². The Hall–Kier alpha value is -2.85. The number of fused-ring (bicyclic) bond motifs is 1. The third-order valence-corrected chi connectivity index (χ3v) is 5.42. The van der Waals surface area contributed by atoms with Crippen molar-refractivity contribution in [3.05, 3.63) is 36.4 Å². The second-order valence-corrected chi connectivity index (χ2v) is 7.45. The quantitative estimate of drug-likeness (QED) is 0.276. The highest BCUT2D eigenvalue weighted by Crippen LogP contribution is 2.30. The van der Waals surface area contributed by atoms with Gasteiger partial charge in [-0.3, -0.25) is 9.79 Å². The average Bonchev–Trinajstić information content (AvgIpc) is 2.62. The SMILES string of the molecule is COc1cccc2c(S(=O)(=O)N[C@@H](CCCN=C(N)N)C(=O)O)cccc12. The van der Waals surface area contributed by atoms with Crippen LogP contribution >= 0.6 is 0 Å². The molecule has 0 spiro atoms. The molecule has 2 aromatic carbocycles. The maximum atomic E-state index is 12.8. The van der Waals surface area contributed by atoms with Crippen molar-refractivity contribution >= 4 is 32.7 Å². The number of carboxylic acids is 1. The molecule has 0 saturated heterocycles. The minimum Gasteiger partial charge on any atom is -0.496 e. The molecule has 10 heteroatoms. The van der Waals surface area contributed by atoms with Gasteiger partial charge in [0.1, 0.15) is 11.8 Å². The molecule has 0 aliphatic carbocycles. The summed E-state index contributed by atoms with van der Waals surface area (Å²) < 4.78 is 33.1. The van der Waals surface area contributed by atoms with Gasteiger partial charge in [0.15, 0.2) is 5.96 Å². The summed E-state index contributed by atoms with van der Waals surface area (Å²) in [6, 6.07) is 8.46. The van der Waals surface area contributed by atoms with Gasteiger partial charge < -0.3 is 21.3 Å². The molecule has 2 aromatic rings. The zero-order valence-electron chi connectivity index (χ0n) is 14.8. The van der Waals surface area contributed by atoms with Gasteiger partial charge in [-0.25, -0.2) is 8.42 Å². The van der Waals surface area contributed by atoms with E-state index >= 15 is 0 Å². The fourth-order valence-corrected chi connectivity index (χ4v) is 4.10. The van der Waals surface area contributed by atoms with E-state index in [9.17, 15) is 18.3 Å². The van der Waals surface area contributed by atoms with Crippen LogP contribution in [-0.2, 0) is 14.8 Å². The van der Waals surface area contributed by atoms with Gasteiger partial charge in [-0.2, -0.15) is 4.72 Å². The Kier molecular flexibility index (Phi) is 6.59. The molecule has 146 valence electrons. The minimum atomic E-state index is -4.08. The number of nitrogens with two attached hydrogens (primary N) is 2. The number of methoxy groups -OCH3 is 1. The fraction of sp³-hybridized carbons (Fsp3) is 0.294. The predicted molar refractivity (Wildman–Crippen MR) is 102 cm³/mol. The number of benzene rings is 2. The van der Waals surface area contributed by atoms with Crippen LogP contribution in [0.4, 0.5) is 0 Å². The first-order valence-electron chi connectivity index (χ1n) is 8.12. The van der Waals surface area contributed by atoms with Gasteiger partial charge in [-0.1, -0.05) is 24.3 Å². The molecule has 6 N–H and O–H groups in total. The summed E-state index contributed by atoms with van der Waals surface area (Å²) >= 11 is 0. The van der Waals surface area contributed by atoms with E-state index in [-0.39, 0.29) is 23.8 Å². The van der Waals surface area contributed by atoms with E-state index < -0.39 is 22.0 Å². The molecular formula is C17H22N4O5S. The molecule has 0 amide bonds. The zero-order chi connectivity index (χ0) is 20.0. The molecule has 2 rings (SSSR count). The van der Waals surface area contributed by atoms with Crippen molar-refractivity contribution in [2.45, 2.75) is 23.8 Å². The number of carbonyl (C=O) groups is 1. The molecule has 0 aliphatic heterocycles. The molecule has 27 heavy (non-hydrogen) atoms. The lowest BCUT2D eigenvalue weighted by Crippen LogP contribution is -2.40. The first-order chi connectivity index (χ1) is 12.8. The monoisotopic (exact) mass is 394 g/mol. The standard InChI is InChI=1S/C17H22N4O5S/c1-26-14-8-2-6-12-11(14)5-3-9-15(12)27(24,25)21-13(16(22)23)7-4-10-20-17(18)19/h2-3,5-6,8-9,13,21H,4,7,10H2,1H3,(H,22,23)(H4,18,19,20)/t13-/m0/s1. The summed E-state index contributed by atoms with van der Waals surface area (Å²) in [4.78, 5) is 15.2.